The second-order valence-electron chi connectivity index (χ2n) is 8.13. The van der Waals surface area contributed by atoms with E-state index in [9.17, 15) is 13.2 Å². The highest BCUT2D eigenvalue weighted by Gasteiger charge is 2.30. The summed E-state index contributed by atoms with van der Waals surface area (Å²) in [5, 5.41) is 3.70. The van der Waals surface area contributed by atoms with Crippen molar-refractivity contribution in [2.24, 2.45) is 0 Å². The van der Waals surface area contributed by atoms with Gasteiger partial charge < -0.3 is 4.90 Å². The minimum Gasteiger partial charge on any atom is -0.356 e. The number of hydrogen-bond acceptors (Lipinski definition) is 6. The molecule has 4 rings (SSSR count). The summed E-state index contributed by atoms with van der Waals surface area (Å²) in [4.78, 5) is 19.8. The molecule has 1 aliphatic heterocycles. The van der Waals surface area contributed by atoms with Crippen LogP contribution in [0.25, 0.3) is 5.82 Å². The van der Waals surface area contributed by atoms with Gasteiger partial charge in [-0.2, -0.15) is 5.10 Å². The number of aromatic nitrogens is 3. The molecule has 9 heteroatoms. The minimum absolute atomic E-state index is 0.294. The first-order chi connectivity index (χ1) is 14.5. The van der Waals surface area contributed by atoms with Gasteiger partial charge in [0.2, 0.25) is 10.0 Å². The summed E-state index contributed by atoms with van der Waals surface area (Å²) in [5.74, 6) is 0.519. The second-order valence-corrected chi connectivity index (χ2v) is 10.1. The lowest BCUT2D eigenvalue weighted by Gasteiger charge is -2.22. The van der Waals surface area contributed by atoms with E-state index in [0.717, 1.165) is 58.0 Å². The fourth-order valence-electron chi connectivity index (χ4n) is 4.31. The number of anilines is 1. The highest BCUT2D eigenvalue weighted by atomic mass is 32.2. The number of pyridine rings is 1. The molecule has 2 aromatic rings. The smallest absolute Gasteiger partial charge is 0.268 e. The molecule has 0 unspecified atom stereocenters. The average Bonchev–Trinajstić information content (AvgIpc) is 3.41. The molecule has 0 atom stereocenters. The molecular weight excluding hydrogens is 402 g/mol. The summed E-state index contributed by atoms with van der Waals surface area (Å²) >= 11 is 0. The zero-order valence-electron chi connectivity index (χ0n) is 17.2. The molecule has 2 fully saturated rings. The van der Waals surface area contributed by atoms with E-state index in [2.05, 4.69) is 14.8 Å². The van der Waals surface area contributed by atoms with Gasteiger partial charge >= 0.3 is 0 Å². The Bertz CT molecular complexity index is 961. The number of carbonyl (C=O) groups is 1. The predicted molar refractivity (Wildman–Crippen MR) is 115 cm³/mol. The van der Waals surface area contributed by atoms with Gasteiger partial charge in [0.15, 0.2) is 5.82 Å². The predicted octanol–water partition coefficient (Wildman–Crippen LogP) is 3.04. The third-order valence-corrected chi connectivity index (χ3v) is 7.79. The summed E-state index contributed by atoms with van der Waals surface area (Å²) in [7, 11) is -3.73. The molecule has 1 amide bonds. The number of amides is 1. The Morgan fingerprint density at radius 3 is 2.37 bits per heavy atom. The molecule has 162 valence electrons. The van der Waals surface area contributed by atoms with E-state index in [4.69, 9.17) is 0 Å². The highest BCUT2D eigenvalue weighted by Crippen LogP contribution is 2.26. The third kappa shape index (κ3) is 4.66. The minimum atomic E-state index is -3.73. The summed E-state index contributed by atoms with van der Waals surface area (Å²) in [6.07, 6.45) is 11.8. The Labute approximate surface area is 177 Å². The Balaban J connectivity index is 1.59. The summed E-state index contributed by atoms with van der Waals surface area (Å²) in [5.41, 5.74) is 0.294. The second kappa shape index (κ2) is 9.16. The first kappa shape index (κ1) is 20.8. The van der Waals surface area contributed by atoms with Crippen molar-refractivity contribution in [1.82, 2.24) is 19.5 Å². The number of hydrogen-bond donors (Lipinski definition) is 1. The first-order valence-electron chi connectivity index (χ1n) is 10.9. The van der Waals surface area contributed by atoms with Gasteiger partial charge in [-0.1, -0.05) is 32.1 Å². The van der Waals surface area contributed by atoms with Crippen LogP contribution in [0.5, 0.6) is 0 Å². The van der Waals surface area contributed by atoms with Crippen molar-refractivity contribution in [3.05, 3.63) is 36.2 Å². The van der Waals surface area contributed by atoms with Crippen molar-refractivity contribution < 1.29 is 13.2 Å². The Morgan fingerprint density at radius 2 is 1.70 bits per heavy atom. The molecule has 1 N–H and O–H groups in total. The lowest BCUT2D eigenvalue weighted by molar-refractivity contribution is 0.0981. The van der Waals surface area contributed by atoms with E-state index < -0.39 is 21.2 Å². The molecule has 3 heterocycles. The van der Waals surface area contributed by atoms with Gasteiger partial charge in [-0.15, -0.1) is 0 Å². The lowest BCUT2D eigenvalue weighted by atomic mass is 10.0. The highest BCUT2D eigenvalue weighted by molar-refractivity contribution is 7.90. The number of sulfonamides is 1. The van der Waals surface area contributed by atoms with Gasteiger partial charge in [-0.3, -0.25) is 4.79 Å². The van der Waals surface area contributed by atoms with E-state index >= 15 is 0 Å². The van der Waals surface area contributed by atoms with E-state index in [0.29, 0.717) is 30.0 Å². The fourth-order valence-corrected chi connectivity index (χ4v) is 5.80. The Hall–Kier alpha value is -2.42. The molecule has 0 aromatic carbocycles. The van der Waals surface area contributed by atoms with Gasteiger partial charge in [-0.05, 0) is 43.9 Å². The molecule has 1 saturated heterocycles. The van der Waals surface area contributed by atoms with Crippen LogP contribution < -0.4 is 9.62 Å². The van der Waals surface area contributed by atoms with Crippen LogP contribution in [0, 0.1) is 0 Å². The maximum atomic E-state index is 13.1. The summed E-state index contributed by atoms with van der Waals surface area (Å²) < 4.78 is 29.9. The van der Waals surface area contributed by atoms with Crippen molar-refractivity contribution in [2.45, 2.75) is 63.0 Å². The molecule has 0 bridgehead atoms. The Morgan fingerprint density at radius 1 is 1.00 bits per heavy atom. The van der Waals surface area contributed by atoms with Crippen LogP contribution in [0.4, 0.5) is 5.82 Å². The molecule has 0 radical (unpaired) electrons. The molecular formula is C21H29N5O3S. The van der Waals surface area contributed by atoms with Gasteiger partial charge in [0.1, 0.15) is 5.82 Å². The molecule has 1 saturated carbocycles. The topological polar surface area (TPSA) is 97.2 Å². The largest absolute Gasteiger partial charge is 0.356 e. The van der Waals surface area contributed by atoms with E-state index in [-0.39, 0.29) is 0 Å². The van der Waals surface area contributed by atoms with E-state index in [1.807, 2.05) is 4.90 Å². The van der Waals surface area contributed by atoms with Gasteiger partial charge in [-0.25, -0.2) is 22.8 Å². The molecule has 2 aliphatic rings. The van der Waals surface area contributed by atoms with Crippen molar-refractivity contribution in [1.29, 1.82) is 0 Å². The summed E-state index contributed by atoms with van der Waals surface area (Å²) in [6.45, 7) is 1.59. The van der Waals surface area contributed by atoms with Crippen LogP contribution in [0.15, 0.2) is 30.6 Å². The molecule has 30 heavy (non-hydrogen) atoms. The molecule has 8 nitrogen and oxygen atoms in total. The SMILES string of the molecule is O=C(NS(=O)(=O)C1CCCCCCC1)c1ccc(-n2cccn2)nc1N1CCCC1. The summed E-state index contributed by atoms with van der Waals surface area (Å²) in [6, 6.07) is 5.16. The quantitative estimate of drug-likeness (QED) is 0.782. The number of rotatable bonds is 5. The maximum Gasteiger partial charge on any atom is 0.268 e. The van der Waals surface area contributed by atoms with Crippen LogP contribution in [-0.4, -0.2) is 47.4 Å². The van der Waals surface area contributed by atoms with Crippen LogP contribution in [0.3, 0.4) is 0 Å². The van der Waals surface area contributed by atoms with E-state index in [1.54, 1.807) is 35.3 Å². The zero-order valence-corrected chi connectivity index (χ0v) is 18.0. The van der Waals surface area contributed by atoms with Crippen LogP contribution in [0.1, 0.15) is 68.1 Å². The zero-order chi connectivity index (χ0) is 21.0. The molecule has 1 aliphatic carbocycles. The van der Waals surface area contributed by atoms with Crippen molar-refractivity contribution in [3.63, 3.8) is 0 Å². The monoisotopic (exact) mass is 431 g/mol. The number of nitrogens with zero attached hydrogens (tertiary/aromatic N) is 4. The van der Waals surface area contributed by atoms with E-state index in [1.165, 1.54) is 0 Å². The first-order valence-corrected chi connectivity index (χ1v) is 12.4. The normalized spacial score (nSPS) is 18.7. The average molecular weight is 432 g/mol. The number of nitrogens with one attached hydrogen (secondary N) is 1. The molecule has 0 spiro atoms. The van der Waals surface area contributed by atoms with Crippen molar-refractivity contribution >= 4 is 21.7 Å². The maximum absolute atomic E-state index is 13.1. The standard InChI is InChI=1S/C21H29N5O3S/c27-21(24-30(28,29)17-9-4-2-1-3-5-10-17)18-11-12-19(26-16-8-13-22-26)23-20(18)25-14-6-7-15-25/h8,11-13,16-17H,1-7,9-10,14-15H2,(H,24,27). The lowest BCUT2D eigenvalue weighted by Crippen LogP contribution is -2.39. The molecule has 2 aromatic heterocycles. The van der Waals surface area contributed by atoms with Crippen molar-refractivity contribution in [3.8, 4) is 5.82 Å². The Kier molecular flexibility index (Phi) is 6.36. The fraction of sp³-hybridized carbons (Fsp3) is 0.571. The van der Waals surface area contributed by atoms with Crippen LogP contribution in [0.2, 0.25) is 0 Å². The van der Waals surface area contributed by atoms with Gasteiger partial charge in [0.05, 0.1) is 10.8 Å². The van der Waals surface area contributed by atoms with Crippen LogP contribution >= 0.6 is 0 Å². The number of carbonyl (C=O) groups excluding carboxylic acids is 1. The van der Waals surface area contributed by atoms with Crippen LogP contribution in [-0.2, 0) is 10.0 Å². The van der Waals surface area contributed by atoms with Gasteiger partial charge in [0.25, 0.3) is 5.91 Å². The third-order valence-electron chi connectivity index (χ3n) is 5.98. The van der Waals surface area contributed by atoms with Crippen molar-refractivity contribution in [2.75, 3.05) is 18.0 Å². The van der Waals surface area contributed by atoms with Gasteiger partial charge in [0, 0.05) is 25.5 Å².